The molecule has 0 bridgehead atoms. The lowest BCUT2D eigenvalue weighted by molar-refractivity contribution is 0.0950. The molecule has 0 fully saturated rings. The topological polar surface area (TPSA) is 173 Å². The Morgan fingerprint density at radius 1 is 0.818 bits per heavy atom. The SMILES string of the molecule is CC(C)(C)[Si](C)(C)Cl.CC(C)(C)[Si](C)(C)OCc1ccnc(Cl)c1.Cc1cc(N)nc(C)c1CNC(=O)c1cc(C#N)nc(Cc2ccc3ncc(Cl)cc3c2)c1.OCc1ccnc(Cl)c1. The van der Waals surface area contributed by atoms with Crippen LogP contribution in [0.4, 0.5) is 5.82 Å². The number of amides is 1. The maximum absolute atomic E-state index is 12.9. The Bertz CT molecular complexity index is 2590. The molecule has 5 aromatic heterocycles. The van der Waals surface area contributed by atoms with Crippen molar-refractivity contribution in [3.8, 4) is 6.07 Å². The molecule has 6 aromatic rings. The number of nitrogens with two attached hydrogens (primary N) is 1. The van der Waals surface area contributed by atoms with Crippen molar-refractivity contribution < 1.29 is 14.3 Å². The van der Waals surface area contributed by atoms with Gasteiger partial charge in [0.2, 0.25) is 0 Å². The lowest BCUT2D eigenvalue weighted by atomic mass is 10.0. The normalized spacial score (nSPS) is 11.5. The summed E-state index contributed by atoms with van der Waals surface area (Å²) in [7, 11) is -3.06. The van der Waals surface area contributed by atoms with E-state index in [1.807, 2.05) is 56.3 Å². The number of nitrogens with zero attached hydrogens (tertiary/aromatic N) is 6. The van der Waals surface area contributed by atoms with Gasteiger partial charge in [0, 0.05) is 53.9 Å². The molecule has 17 heteroatoms. The Morgan fingerprint density at radius 3 is 1.95 bits per heavy atom. The number of nitriles is 1. The number of anilines is 1. The lowest BCUT2D eigenvalue weighted by Gasteiger charge is -2.36. The predicted molar refractivity (Wildman–Crippen MR) is 277 cm³/mol. The third-order valence-corrected chi connectivity index (χ3v) is 21.7. The molecule has 1 amide bonds. The number of hydrogen-bond donors (Lipinski definition) is 3. The number of aromatic nitrogens is 5. The second-order valence-corrected chi connectivity index (χ2v) is 32.0. The first-order valence-electron chi connectivity index (χ1n) is 21.2. The van der Waals surface area contributed by atoms with Crippen LogP contribution in [0.2, 0.25) is 51.6 Å². The summed E-state index contributed by atoms with van der Waals surface area (Å²) in [5.74, 6) is 0.157. The minimum atomic E-state index is -1.67. The van der Waals surface area contributed by atoms with Crippen LogP contribution in [0.25, 0.3) is 10.9 Å². The van der Waals surface area contributed by atoms with Gasteiger partial charge in [0.15, 0.2) is 15.7 Å². The van der Waals surface area contributed by atoms with Gasteiger partial charge in [0.05, 0.1) is 23.8 Å². The van der Waals surface area contributed by atoms with E-state index in [1.54, 1.807) is 42.9 Å². The fraction of sp³-hybridized carbons (Fsp3) is 0.367. The van der Waals surface area contributed by atoms with Crippen LogP contribution in [0.15, 0.2) is 85.3 Å². The van der Waals surface area contributed by atoms with Gasteiger partial charge in [-0.1, -0.05) is 95.5 Å². The van der Waals surface area contributed by atoms with E-state index < -0.39 is 15.7 Å². The highest BCUT2D eigenvalue weighted by molar-refractivity contribution is 7.20. The van der Waals surface area contributed by atoms with Crippen LogP contribution in [-0.4, -0.2) is 51.6 Å². The second-order valence-electron chi connectivity index (χ2n) is 18.7. The van der Waals surface area contributed by atoms with E-state index in [-0.39, 0.29) is 23.2 Å². The first-order chi connectivity index (χ1) is 30.6. The summed E-state index contributed by atoms with van der Waals surface area (Å²) in [5.41, 5.74) is 13.3. The average Bonchev–Trinajstić information content (AvgIpc) is 3.22. The summed E-state index contributed by atoms with van der Waals surface area (Å²) in [6, 6.07) is 21.8. The maximum atomic E-state index is 12.9. The van der Waals surface area contributed by atoms with E-state index in [0.717, 1.165) is 44.4 Å². The first kappa shape index (κ1) is 55.8. The molecule has 0 radical (unpaired) electrons. The number of nitrogen functional groups attached to an aromatic ring is 1. The zero-order chi connectivity index (χ0) is 49.6. The molecule has 11 nitrogen and oxygen atoms in total. The number of halogens is 4. The molecule has 0 aliphatic carbocycles. The summed E-state index contributed by atoms with van der Waals surface area (Å²) >= 11 is 23.5. The number of aryl methyl sites for hydroxylation is 2. The van der Waals surface area contributed by atoms with Gasteiger partial charge in [-0.2, -0.15) is 16.3 Å². The van der Waals surface area contributed by atoms with Crippen molar-refractivity contribution in [2.24, 2.45) is 0 Å². The number of aliphatic hydroxyl groups excluding tert-OH is 1. The van der Waals surface area contributed by atoms with Crippen LogP contribution < -0.4 is 11.1 Å². The van der Waals surface area contributed by atoms with Gasteiger partial charge in [0.25, 0.3) is 5.91 Å². The maximum Gasteiger partial charge on any atom is 0.251 e. The molecular formula is C49H62Cl4N8O3Si2. The van der Waals surface area contributed by atoms with Gasteiger partial charge in [0.1, 0.15) is 27.9 Å². The van der Waals surface area contributed by atoms with Gasteiger partial charge in [-0.3, -0.25) is 9.78 Å². The zero-order valence-corrected chi connectivity index (χ0v) is 45.0. The molecule has 0 aliphatic rings. The predicted octanol–water partition coefficient (Wildman–Crippen LogP) is 13.0. The Kier molecular flexibility index (Phi) is 20.7. The third kappa shape index (κ3) is 18.0. The van der Waals surface area contributed by atoms with Crippen LogP contribution in [0.5, 0.6) is 0 Å². The lowest BCUT2D eigenvalue weighted by Crippen LogP contribution is -2.40. The summed E-state index contributed by atoms with van der Waals surface area (Å²) in [4.78, 5) is 33.5. The molecule has 1 aromatic carbocycles. The van der Waals surface area contributed by atoms with Crippen LogP contribution >= 0.6 is 45.9 Å². The quantitative estimate of drug-likeness (QED) is 0.0719. The van der Waals surface area contributed by atoms with Crippen molar-refractivity contribution in [1.29, 1.82) is 5.26 Å². The minimum Gasteiger partial charge on any atom is -0.413 e. The summed E-state index contributed by atoms with van der Waals surface area (Å²) in [5, 5.41) is 23.9. The van der Waals surface area contributed by atoms with Crippen LogP contribution in [0.1, 0.15) is 96.8 Å². The van der Waals surface area contributed by atoms with Gasteiger partial charge < -0.3 is 20.6 Å². The van der Waals surface area contributed by atoms with E-state index in [2.05, 4.69) is 98.0 Å². The van der Waals surface area contributed by atoms with Crippen molar-refractivity contribution in [2.45, 2.75) is 118 Å². The van der Waals surface area contributed by atoms with Gasteiger partial charge in [-0.15, -0.1) is 0 Å². The highest BCUT2D eigenvalue weighted by Crippen LogP contribution is 2.38. The number of hydrogen-bond acceptors (Lipinski definition) is 10. The van der Waals surface area contributed by atoms with Gasteiger partial charge in [-0.25, -0.2) is 19.9 Å². The van der Waals surface area contributed by atoms with Gasteiger partial charge >= 0.3 is 0 Å². The number of aliphatic hydroxyl groups is 1. The monoisotopic (exact) mass is 1010 g/mol. The molecule has 4 N–H and O–H groups in total. The molecule has 0 spiro atoms. The summed E-state index contributed by atoms with van der Waals surface area (Å²) in [6.45, 7) is 26.9. The molecule has 0 unspecified atom stereocenters. The molecule has 0 saturated carbocycles. The second kappa shape index (κ2) is 24.5. The van der Waals surface area contributed by atoms with Crippen molar-refractivity contribution in [2.75, 3.05) is 5.73 Å². The molecule has 66 heavy (non-hydrogen) atoms. The Hall–Kier alpha value is -4.50. The number of fused-ring (bicyclic) bond motifs is 1. The van der Waals surface area contributed by atoms with Crippen LogP contribution in [0, 0.1) is 25.2 Å². The number of carbonyl (C=O) groups excluding carboxylic acids is 1. The number of carbonyl (C=O) groups is 1. The number of pyridine rings is 5. The van der Waals surface area contributed by atoms with E-state index in [4.69, 9.17) is 61.1 Å². The number of benzene rings is 1. The zero-order valence-electron chi connectivity index (χ0n) is 39.9. The largest absolute Gasteiger partial charge is 0.413 e. The first-order valence-corrected chi connectivity index (χ1v) is 29.3. The van der Waals surface area contributed by atoms with Crippen LogP contribution in [-0.2, 0) is 30.6 Å². The molecule has 0 saturated heterocycles. The van der Waals surface area contributed by atoms with Crippen molar-refractivity contribution in [3.05, 3.63) is 151 Å². The Labute approximate surface area is 412 Å². The number of nitrogens with one attached hydrogen (secondary N) is 1. The summed E-state index contributed by atoms with van der Waals surface area (Å²) < 4.78 is 6.09. The molecule has 0 atom stereocenters. The van der Waals surface area contributed by atoms with E-state index in [0.29, 0.717) is 57.0 Å². The van der Waals surface area contributed by atoms with E-state index in [1.165, 1.54) is 6.07 Å². The van der Waals surface area contributed by atoms with Crippen molar-refractivity contribution >= 4 is 84.2 Å². The highest BCUT2D eigenvalue weighted by Gasteiger charge is 2.37. The minimum absolute atomic E-state index is 0.0161. The molecule has 5 heterocycles. The highest BCUT2D eigenvalue weighted by atomic mass is 35.6. The standard InChI is InChI=1S/C25H21ClN6O.C12H20ClNOSi.C6H6ClNO.C6H15ClSi/c1-14-5-24(28)31-15(2)22(14)13-30-25(33)18-9-20(32-21(10-18)11-27)7-16-3-4-23-17(6-16)8-19(26)12-29-23;1-12(2,3)16(4,5)15-9-10-6-7-14-11(13)8-10;7-6-3-5(4-9)1-2-8-6;1-6(2,3)8(4,5)7/h3-6,8-10,12H,7,13H2,1-2H3,(H2,28,31)(H,30,33);6-8H,9H2,1-5H3;1-3,9H,4H2;1-5H3. The molecule has 6 rings (SSSR count). The fourth-order valence-electron chi connectivity index (χ4n) is 5.32. The number of rotatable bonds is 9. The Balaban J connectivity index is 0.000000287. The van der Waals surface area contributed by atoms with Crippen LogP contribution in [0.3, 0.4) is 0 Å². The van der Waals surface area contributed by atoms with Gasteiger partial charge in [-0.05, 0) is 125 Å². The fourth-order valence-corrected chi connectivity index (χ4v) is 6.84. The molecule has 352 valence electrons. The summed E-state index contributed by atoms with van der Waals surface area (Å²) in [6.07, 6.45) is 5.34. The van der Waals surface area contributed by atoms with E-state index >= 15 is 0 Å². The Morgan fingerprint density at radius 2 is 1.42 bits per heavy atom. The third-order valence-electron chi connectivity index (χ3n) is 11.3. The van der Waals surface area contributed by atoms with E-state index in [9.17, 15) is 10.1 Å². The average molecular weight is 1010 g/mol. The van der Waals surface area contributed by atoms with Crippen molar-refractivity contribution in [3.63, 3.8) is 0 Å². The molecular weight excluding hydrogens is 947 g/mol. The molecule has 0 aliphatic heterocycles. The van der Waals surface area contributed by atoms with Crippen molar-refractivity contribution in [1.82, 2.24) is 30.2 Å². The smallest absolute Gasteiger partial charge is 0.251 e.